The van der Waals surface area contributed by atoms with Gasteiger partial charge in [-0.3, -0.25) is 0 Å². The molecule has 0 radical (unpaired) electrons. The van der Waals surface area contributed by atoms with E-state index >= 15 is 0 Å². The maximum absolute atomic E-state index is 13.1. The quantitative estimate of drug-likeness (QED) is 0.635. The van der Waals surface area contributed by atoms with E-state index in [1.807, 2.05) is 47.4 Å². The van der Waals surface area contributed by atoms with Crippen molar-refractivity contribution in [2.45, 2.75) is 32.4 Å². The highest BCUT2D eigenvalue weighted by Gasteiger charge is 2.34. The van der Waals surface area contributed by atoms with Gasteiger partial charge in [0.05, 0.1) is 5.69 Å². The van der Waals surface area contributed by atoms with Crippen molar-refractivity contribution in [2.24, 2.45) is 5.92 Å². The van der Waals surface area contributed by atoms with E-state index in [-0.39, 0.29) is 12.1 Å². The molecule has 0 saturated heterocycles. The van der Waals surface area contributed by atoms with Crippen LogP contribution in [-0.2, 0) is 6.54 Å². The first-order valence-electron chi connectivity index (χ1n) is 9.31. The smallest absolute Gasteiger partial charge is 0.317 e. The van der Waals surface area contributed by atoms with Gasteiger partial charge in [0.15, 0.2) is 0 Å². The minimum absolute atomic E-state index is 0.0235. The molecule has 3 aromatic carbocycles. The van der Waals surface area contributed by atoms with Gasteiger partial charge >= 0.3 is 6.03 Å². The highest BCUT2D eigenvalue weighted by atomic mass is 16.2. The normalized spacial score (nSPS) is 14.8. The molecule has 0 spiro atoms. The fourth-order valence-corrected chi connectivity index (χ4v) is 3.54. The molecular weight excluding hydrogens is 320 g/mol. The molecule has 1 unspecified atom stereocenters. The molecule has 26 heavy (non-hydrogen) atoms. The summed E-state index contributed by atoms with van der Waals surface area (Å²) in [5.74, 6) is 0.622. The van der Waals surface area contributed by atoms with Crippen LogP contribution in [0.15, 0.2) is 72.8 Å². The molecule has 1 fully saturated rings. The summed E-state index contributed by atoms with van der Waals surface area (Å²) in [6, 6.07) is 24.6. The summed E-state index contributed by atoms with van der Waals surface area (Å²) in [4.78, 5) is 15.1. The SMILES string of the molecule is CC(C1CC1)N(Cc1ccccc1)C(=O)Nc1cccc2ccccc12. The molecule has 0 bridgehead atoms. The van der Waals surface area contributed by atoms with E-state index in [1.54, 1.807) is 0 Å². The number of hydrogen-bond acceptors (Lipinski definition) is 1. The van der Waals surface area contributed by atoms with E-state index in [0.29, 0.717) is 12.5 Å². The maximum atomic E-state index is 13.1. The van der Waals surface area contributed by atoms with Gasteiger partial charge in [-0.1, -0.05) is 66.7 Å². The lowest BCUT2D eigenvalue weighted by molar-refractivity contribution is 0.181. The summed E-state index contributed by atoms with van der Waals surface area (Å²) in [5.41, 5.74) is 2.03. The van der Waals surface area contributed by atoms with Crippen LogP contribution in [0.2, 0.25) is 0 Å². The molecule has 0 heterocycles. The lowest BCUT2D eigenvalue weighted by Crippen LogP contribution is -2.42. The summed E-state index contributed by atoms with van der Waals surface area (Å²) in [5, 5.41) is 5.36. The molecule has 1 aliphatic rings. The van der Waals surface area contributed by atoms with Crippen molar-refractivity contribution >= 4 is 22.5 Å². The molecule has 1 saturated carbocycles. The summed E-state index contributed by atoms with van der Waals surface area (Å²) >= 11 is 0. The van der Waals surface area contributed by atoms with Crippen molar-refractivity contribution in [1.29, 1.82) is 0 Å². The number of urea groups is 1. The second-order valence-electron chi connectivity index (χ2n) is 7.15. The number of rotatable bonds is 5. The lowest BCUT2D eigenvalue weighted by atomic mass is 10.1. The Labute approximate surface area is 154 Å². The topological polar surface area (TPSA) is 32.3 Å². The third-order valence-electron chi connectivity index (χ3n) is 5.28. The van der Waals surface area contributed by atoms with E-state index in [1.165, 1.54) is 12.8 Å². The number of benzene rings is 3. The number of carbonyl (C=O) groups is 1. The predicted octanol–water partition coefficient (Wildman–Crippen LogP) is 5.67. The molecule has 3 heteroatoms. The van der Waals surface area contributed by atoms with E-state index in [0.717, 1.165) is 22.0 Å². The molecule has 0 aromatic heterocycles. The van der Waals surface area contributed by atoms with E-state index in [4.69, 9.17) is 0 Å². The zero-order chi connectivity index (χ0) is 17.9. The van der Waals surface area contributed by atoms with Gasteiger partial charge in [-0.15, -0.1) is 0 Å². The van der Waals surface area contributed by atoms with Gasteiger partial charge in [0.25, 0.3) is 0 Å². The molecule has 1 atom stereocenters. The zero-order valence-electron chi connectivity index (χ0n) is 15.1. The van der Waals surface area contributed by atoms with Crippen LogP contribution in [0, 0.1) is 5.92 Å². The summed E-state index contributed by atoms with van der Waals surface area (Å²) in [6.45, 7) is 2.80. The van der Waals surface area contributed by atoms with E-state index in [9.17, 15) is 4.79 Å². The Morgan fingerprint density at radius 1 is 1.00 bits per heavy atom. The average Bonchev–Trinajstić information content (AvgIpc) is 3.52. The van der Waals surface area contributed by atoms with Crippen molar-refractivity contribution in [3.8, 4) is 0 Å². The standard InChI is InChI=1S/C23H24N2O/c1-17(19-14-15-19)25(16-18-8-3-2-4-9-18)23(26)24-22-13-7-11-20-10-5-6-12-21(20)22/h2-13,17,19H,14-16H2,1H3,(H,24,26). The zero-order valence-corrected chi connectivity index (χ0v) is 15.1. The highest BCUT2D eigenvalue weighted by molar-refractivity contribution is 6.01. The Balaban J connectivity index is 1.59. The van der Waals surface area contributed by atoms with Gasteiger partial charge in [-0.05, 0) is 42.7 Å². The van der Waals surface area contributed by atoms with Crippen LogP contribution in [0.4, 0.5) is 10.5 Å². The minimum Gasteiger partial charge on any atom is -0.317 e. The van der Waals surface area contributed by atoms with Crippen LogP contribution in [0.25, 0.3) is 10.8 Å². The number of nitrogens with one attached hydrogen (secondary N) is 1. The number of carbonyl (C=O) groups excluding carboxylic acids is 1. The first kappa shape index (κ1) is 16.6. The fraction of sp³-hybridized carbons (Fsp3) is 0.261. The number of anilines is 1. The van der Waals surface area contributed by atoms with Gasteiger partial charge in [0.1, 0.15) is 0 Å². The van der Waals surface area contributed by atoms with Crippen LogP contribution in [0.5, 0.6) is 0 Å². The number of amides is 2. The monoisotopic (exact) mass is 344 g/mol. The van der Waals surface area contributed by atoms with Crippen LogP contribution in [0.1, 0.15) is 25.3 Å². The summed E-state index contributed by atoms with van der Waals surface area (Å²) < 4.78 is 0. The Hall–Kier alpha value is -2.81. The molecule has 4 rings (SSSR count). The molecule has 132 valence electrons. The third kappa shape index (κ3) is 3.57. The Morgan fingerprint density at radius 3 is 2.46 bits per heavy atom. The van der Waals surface area contributed by atoms with Gasteiger partial charge in [-0.25, -0.2) is 4.79 Å². The molecular formula is C23H24N2O. The third-order valence-corrected chi connectivity index (χ3v) is 5.28. The van der Waals surface area contributed by atoms with Crippen molar-refractivity contribution in [1.82, 2.24) is 4.90 Å². The fourth-order valence-electron chi connectivity index (χ4n) is 3.54. The molecule has 1 aliphatic carbocycles. The second kappa shape index (κ2) is 7.20. The molecule has 3 aromatic rings. The summed E-state index contributed by atoms with van der Waals surface area (Å²) in [6.07, 6.45) is 2.43. The predicted molar refractivity (Wildman–Crippen MR) is 107 cm³/mol. The second-order valence-corrected chi connectivity index (χ2v) is 7.15. The summed E-state index contributed by atoms with van der Waals surface area (Å²) in [7, 11) is 0. The van der Waals surface area contributed by atoms with Crippen molar-refractivity contribution in [3.05, 3.63) is 78.4 Å². The van der Waals surface area contributed by atoms with Gasteiger partial charge < -0.3 is 10.2 Å². The number of nitrogens with zero attached hydrogens (tertiary/aromatic N) is 1. The maximum Gasteiger partial charge on any atom is 0.322 e. The minimum atomic E-state index is -0.0235. The number of fused-ring (bicyclic) bond motifs is 1. The first-order valence-corrected chi connectivity index (χ1v) is 9.31. The van der Waals surface area contributed by atoms with Crippen LogP contribution in [0.3, 0.4) is 0 Å². The van der Waals surface area contributed by atoms with Gasteiger partial charge in [0.2, 0.25) is 0 Å². The van der Waals surface area contributed by atoms with Crippen molar-refractivity contribution in [2.75, 3.05) is 5.32 Å². The van der Waals surface area contributed by atoms with Crippen molar-refractivity contribution in [3.63, 3.8) is 0 Å². The highest BCUT2D eigenvalue weighted by Crippen LogP contribution is 2.36. The van der Waals surface area contributed by atoms with Crippen LogP contribution in [-0.4, -0.2) is 17.0 Å². The van der Waals surface area contributed by atoms with Gasteiger partial charge in [0, 0.05) is 18.0 Å². The Bertz CT molecular complexity index is 897. The van der Waals surface area contributed by atoms with Crippen LogP contribution < -0.4 is 5.32 Å². The molecule has 3 nitrogen and oxygen atoms in total. The van der Waals surface area contributed by atoms with E-state index < -0.39 is 0 Å². The van der Waals surface area contributed by atoms with Crippen LogP contribution >= 0.6 is 0 Å². The van der Waals surface area contributed by atoms with E-state index in [2.05, 4.69) is 42.6 Å². The Morgan fingerprint density at radius 2 is 1.69 bits per heavy atom. The molecule has 2 amide bonds. The first-order chi connectivity index (χ1) is 12.7. The van der Waals surface area contributed by atoms with Gasteiger partial charge in [-0.2, -0.15) is 0 Å². The van der Waals surface area contributed by atoms with Crippen molar-refractivity contribution < 1.29 is 4.79 Å². The lowest BCUT2D eigenvalue weighted by Gasteiger charge is -2.30. The largest absolute Gasteiger partial charge is 0.322 e. The molecule has 0 aliphatic heterocycles. The Kier molecular flexibility index (Phi) is 4.61. The molecule has 1 N–H and O–H groups in total. The number of hydrogen-bond donors (Lipinski definition) is 1. The average molecular weight is 344 g/mol.